The monoisotopic (exact) mass is 286 g/mol. The topological polar surface area (TPSA) is 81.5 Å². The van der Waals surface area contributed by atoms with E-state index in [-0.39, 0.29) is 0 Å². The summed E-state index contributed by atoms with van der Waals surface area (Å²) in [6, 6.07) is 3.94. The molecule has 0 saturated carbocycles. The molecule has 0 radical (unpaired) electrons. The lowest BCUT2D eigenvalue weighted by molar-refractivity contribution is 0.346. The molecule has 0 heterocycles. The Morgan fingerprint density at radius 3 is 1.61 bits per heavy atom. The number of azo groups is 1. The molecule has 7 heteroatoms. The lowest BCUT2D eigenvalue weighted by atomic mass is 10.1. The van der Waals surface area contributed by atoms with Gasteiger partial charge in [-0.3, -0.25) is 0 Å². The van der Waals surface area contributed by atoms with E-state index in [0.717, 1.165) is 0 Å². The van der Waals surface area contributed by atoms with E-state index in [1.807, 2.05) is 19.1 Å². The fraction of sp³-hybridized carbons (Fsp3) is 0.727. The van der Waals surface area contributed by atoms with Gasteiger partial charge in [0.05, 0.1) is 18.7 Å². The standard InChI is InChI=1S/C8H12N4.C3H6OS2/c1-7(2,5-9)11-12-8(3,4)6-10;1-2-4-3(5)6/h1-4H3;2H2,1H3,(H,5,6)/b12-11+;. The summed E-state index contributed by atoms with van der Waals surface area (Å²) < 4.78 is 4.95. The third kappa shape index (κ3) is 12.9. The summed E-state index contributed by atoms with van der Waals surface area (Å²) in [6.07, 6.45) is 0. The average Bonchev–Trinajstić information content (AvgIpc) is 2.28. The van der Waals surface area contributed by atoms with Gasteiger partial charge in [-0.2, -0.15) is 20.8 Å². The van der Waals surface area contributed by atoms with Crippen molar-refractivity contribution < 1.29 is 4.74 Å². The molecule has 0 N–H and O–H groups in total. The number of nitrogens with zero attached hydrogens (tertiary/aromatic N) is 4. The van der Waals surface area contributed by atoms with Crippen molar-refractivity contribution in [3.05, 3.63) is 0 Å². The quantitative estimate of drug-likeness (QED) is 0.490. The SMILES string of the molecule is CC(C)(C#N)/N=N/C(C)(C)C#N.CCOC(=S)S. The predicted octanol–water partition coefficient (Wildman–Crippen LogP) is 3.28. The molecular formula is C11H18N4OS2. The predicted molar refractivity (Wildman–Crippen MR) is 77.5 cm³/mol. The van der Waals surface area contributed by atoms with Crippen LogP contribution in [0.2, 0.25) is 0 Å². The van der Waals surface area contributed by atoms with Crippen LogP contribution in [-0.2, 0) is 4.74 Å². The Kier molecular flexibility index (Phi) is 9.42. The zero-order valence-electron chi connectivity index (χ0n) is 11.3. The minimum Gasteiger partial charge on any atom is -0.479 e. The van der Waals surface area contributed by atoms with Crippen molar-refractivity contribution in [3.8, 4) is 12.1 Å². The highest BCUT2D eigenvalue weighted by molar-refractivity contribution is 8.10. The Bertz CT molecular complexity index is 349. The van der Waals surface area contributed by atoms with Crippen LogP contribution in [0.3, 0.4) is 0 Å². The summed E-state index contributed by atoms with van der Waals surface area (Å²) in [6.45, 7) is 9.05. The molecule has 0 saturated heterocycles. The van der Waals surface area contributed by atoms with Gasteiger partial charge in [-0.15, -0.1) is 0 Å². The van der Waals surface area contributed by atoms with Gasteiger partial charge >= 0.3 is 0 Å². The van der Waals surface area contributed by atoms with Gasteiger partial charge in [-0.25, -0.2) is 0 Å². The highest BCUT2D eigenvalue weighted by Gasteiger charge is 2.19. The zero-order chi connectivity index (χ0) is 14.8. The lowest BCUT2D eigenvalue weighted by Gasteiger charge is -2.11. The molecule has 100 valence electrons. The summed E-state index contributed by atoms with van der Waals surface area (Å²) in [5.74, 6) is 0. The van der Waals surface area contributed by atoms with E-state index in [2.05, 4.69) is 39.8 Å². The number of thiocarbonyl (C=S) groups is 1. The second kappa shape index (κ2) is 8.84. The fourth-order valence-electron chi connectivity index (χ4n) is 0.418. The highest BCUT2D eigenvalue weighted by atomic mass is 32.1. The van der Waals surface area contributed by atoms with Crippen molar-refractivity contribution in [2.75, 3.05) is 6.61 Å². The summed E-state index contributed by atoms with van der Waals surface area (Å²) in [4.78, 5) is 0. The summed E-state index contributed by atoms with van der Waals surface area (Å²) in [7, 11) is 0. The Morgan fingerprint density at radius 2 is 1.50 bits per heavy atom. The first-order chi connectivity index (χ1) is 8.10. The molecule has 0 fully saturated rings. The Hall–Kier alpha value is -1.18. The molecule has 0 atom stereocenters. The summed E-state index contributed by atoms with van der Waals surface area (Å²) >= 11 is 8.12. The van der Waals surface area contributed by atoms with Crippen LogP contribution in [0.5, 0.6) is 0 Å². The van der Waals surface area contributed by atoms with Gasteiger partial charge in [0.1, 0.15) is 0 Å². The highest BCUT2D eigenvalue weighted by Crippen LogP contribution is 2.13. The number of nitriles is 2. The normalized spacial score (nSPS) is 10.9. The fourth-order valence-corrected chi connectivity index (χ4v) is 0.665. The van der Waals surface area contributed by atoms with Gasteiger partial charge in [0.15, 0.2) is 11.1 Å². The van der Waals surface area contributed by atoms with Crippen molar-refractivity contribution in [3.63, 3.8) is 0 Å². The van der Waals surface area contributed by atoms with Gasteiger partial charge in [0.2, 0.25) is 4.38 Å². The minimum absolute atomic E-state index is 0.317. The molecule has 0 aromatic rings. The minimum atomic E-state index is -0.839. The average molecular weight is 286 g/mol. The van der Waals surface area contributed by atoms with Crippen LogP contribution in [0.4, 0.5) is 0 Å². The molecule has 0 aliphatic carbocycles. The second-order valence-corrected chi connectivity index (χ2v) is 5.32. The number of hydrogen-bond acceptors (Lipinski definition) is 6. The van der Waals surface area contributed by atoms with Crippen LogP contribution >= 0.6 is 24.8 Å². The van der Waals surface area contributed by atoms with Crippen LogP contribution in [0.15, 0.2) is 10.2 Å². The van der Waals surface area contributed by atoms with E-state index < -0.39 is 11.1 Å². The summed E-state index contributed by atoms with van der Waals surface area (Å²) in [5.41, 5.74) is -1.68. The molecule has 0 spiro atoms. The molecule has 0 bridgehead atoms. The van der Waals surface area contributed by atoms with Gasteiger partial charge in [-0.1, -0.05) is 12.6 Å². The van der Waals surface area contributed by atoms with Crippen molar-refractivity contribution in [1.82, 2.24) is 0 Å². The number of thiol groups is 1. The smallest absolute Gasteiger partial charge is 0.216 e. The van der Waals surface area contributed by atoms with Crippen LogP contribution < -0.4 is 0 Å². The number of rotatable bonds is 3. The van der Waals surface area contributed by atoms with Crippen molar-refractivity contribution >= 4 is 29.2 Å². The van der Waals surface area contributed by atoms with E-state index in [1.54, 1.807) is 27.7 Å². The van der Waals surface area contributed by atoms with E-state index >= 15 is 0 Å². The van der Waals surface area contributed by atoms with Gasteiger partial charge in [0.25, 0.3) is 0 Å². The van der Waals surface area contributed by atoms with Gasteiger partial charge in [-0.05, 0) is 46.8 Å². The van der Waals surface area contributed by atoms with Gasteiger partial charge in [0, 0.05) is 0 Å². The van der Waals surface area contributed by atoms with Crippen LogP contribution in [0.1, 0.15) is 34.6 Å². The van der Waals surface area contributed by atoms with E-state index in [9.17, 15) is 0 Å². The molecule has 0 unspecified atom stereocenters. The van der Waals surface area contributed by atoms with Crippen LogP contribution in [0.25, 0.3) is 0 Å². The zero-order valence-corrected chi connectivity index (χ0v) is 13.0. The van der Waals surface area contributed by atoms with Crippen LogP contribution in [-0.4, -0.2) is 22.1 Å². The third-order valence-electron chi connectivity index (χ3n) is 1.37. The first-order valence-electron chi connectivity index (χ1n) is 5.22. The molecule has 0 amide bonds. The summed E-state index contributed by atoms with van der Waals surface area (Å²) in [5, 5.41) is 24.7. The molecule has 0 aromatic heterocycles. The Morgan fingerprint density at radius 1 is 1.17 bits per heavy atom. The third-order valence-corrected chi connectivity index (χ3v) is 1.61. The molecule has 18 heavy (non-hydrogen) atoms. The maximum Gasteiger partial charge on any atom is 0.216 e. The Balaban J connectivity index is 0. The first kappa shape index (κ1) is 19.2. The van der Waals surface area contributed by atoms with Crippen molar-refractivity contribution in [2.45, 2.75) is 45.7 Å². The van der Waals surface area contributed by atoms with E-state index in [4.69, 9.17) is 10.5 Å². The van der Waals surface area contributed by atoms with Crippen molar-refractivity contribution in [1.29, 1.82) is 10.5 Å². The van der Waals surface area contributed by atoms with Gasteiger partial charge < -0.3 is 4.74 Å². The molecule has 5 nitrogen and oxygen atoms in total. The largest absolute Gasteiger partial charge is 0.479 e. The maximum atomic E-state index is 8.58. The first-order valence-corrected chi connectivity index (χ1v) is 6.08. The number of ether oxygens (including phenoxy) is 1. The van der Waals surface area contributed by atoms with Crippen molar-refractivity contribution in [2.24, 2.45) is 10.2 Å². The van der Waals surface area contributed by atoms with E-state index in [1.165, 1.54) is 0 Å². The Labute approximate surface area is 119 Å². The molecule has 0 aliphatic rings. The molecular weight excluding hydrogens is 268 g/mol. The van der Waals surface area contributed by atoms with E-state index in [0.29, 0.717) is 11.0 Å². The molecule has 0 rings (SSSR count). The molecule has 0 aromatic carbocycles. The molecule has 0 aliphatic heterocycles. The van der Waals surface area contributed by atoms with Crippen LogP contribution in [0, 0.1) is 22.7 Å². The second-order valence-electron chi connectivity index (χ2n) is 4.24. The maximum absolute atomic E-state index is 8.58. The number of hydrogen-bond donors (Lipinski definition) is 1. The lowest BCUT2D eigenvalue weighted by Crippen LogP contribution is -2.17.